The number of nitrogens with zero attached hydrogens (tertiary/aromatic N) is 1. The molecule has 2 heterocycles. The van der Waals surface area contributed by atoms with E-state index in [1.807, 2.05) is 0 Å². The van der Waals surface area contributed by atoms with Crippen LogP contribution in [0.3, 0.4) is 0 Å². The highest BCUT2D eigenvalue weighted by Crippen LogP contribution is 1.99. The largest absolute Gasteiger partial charge is 0.303 e. The molecule has 0 bridgehead atoms. The third-order valence-corrected chi connectivity index (χ3v) is 1.82. The van der Waals surface area contributed by atoms with Crippen molar-refractivity contribution in [1.82, 2.24) is 21.3 Å². The Bertz CT molecular complexity index is 93.1. The van der Waals surface area contributed by atoms with Crippen LogP contribution in [0, 0.1) is 0 Å². The maximum atomic E-state index is 4.30. The van der Waals surface area contributed by atoms with Gasteiger partial charge in [-0.15, -0.1) is 0 Å². The third kappa shape index (κ3) is 0.943. The number of fused-ring (bicyclic) bond motifs is 1. The summed E-state index contributed by atoms with van der Waals surface area (Å²) in [6.45, 7) is 2.75. The van der Waals surface area contributed by atoms with Crippen molar-refractivity contribution in [1.29, 1.82) is 0 Å². The van der Waals surface area contributed by atoms with E-state index in [9.17, 15) is 0 Å². The second-order valence-electron chi connectivity index (χ2n) is 2.43. The van der Waals surface area contributed by atoms with Gasteiger partial charge in [-0.3, -0.25) is 10.6 Å². The van der Waals surface area contributed by atoms with Crippen LogP contribution in [0.2, 0.25) is 0 Å². The van der Waals surface area contributed by atoms with Crippen molar-refractivity contribution in [2.45, 2.75) is 12.2 Å². The molecule has 0 aromatic heterocycles. The molecule has 4 nitrogen and oxygen atoms in total. The molecule has 4 heteroatoms. The summed E-state index contributed by atoms with van der Waals surface area (Å²) in [6.07, 6.45) is 0.367. The Labute approximate surface area is 54.4 Å². The molecule has 0 aromatic rings. The standard InChI is InChI=1S/C5H11N4/c1-4-5(8-2-6-1)9-3-7-4/h4-8H,1-3H2. The molecule has 2 fully saturated rings. The molecule has 2 unspecified atom stereocenters. The first-order chi connectivity index (χ1) is 4.47. The summed E-state index contributed by atoms with van der Waals surface area (Å²) in [5.74, 6) is 0. The van der Waals surface area contributed by atoms with E-state index in [1.165, 1.54) is 0 Å². The third-order valence-electron chi connectivity index (χ3n) is 1.82. The van der Waals surface area contributed by atoms with E-state index in [0.717, 1.165) is 19.9 Å². The van der Waals surface area contributed by atoms with Gasteiger partial charge in [0.1, 0.15) is 0 Å². The maximum Gasteiger partial charge on any atom is 0.0928 e. The SMILES string of the molecule is C1[N]C2NCNCC2N1. The van der Waals surface area contributed by atoms with Crippen molar-refractivity contribution < 1.29 is 0 Å². The lowest BCUT2D eigenvalue weighted by Crippen LogP contribution is -2.57. The minimum absolute atomic E-state index is 0.367. The summed E-state index contributed by atoms with van der Waals surface area (Å²) >= 11 is 0. The molecule has 0 amide bonds. The van der Waals surface area contributed by atoms with Crippen LogP contribution >= 0.6 is 0 Å². The van der Waals surface area contributed by atoms with Gasteiger partial charge in [-0.25, -0.2) is 5.32 Å². The van der Waals surface area contributed by atoms with Crippen molar-refractivity contribution in [2.24, 2.45) is 0 Å². The highest BCUT2D eigenvalue weighted by atomic mass is 15.3. The first-order valence-electron chi connectivity index (χ1n) is 3.31. The summed E-state index contributed by atoms with van der Waals surface area (Å²) < 4.78 is 0. The van der Waals surface area contributed by atoms with Gasteiger partial charge in [0.05, 0.1) is 18.9 Å². The number of hydrogen-bond acceptors (Lipinski definition) is 3. The van der Waals surface area contributed by atoms with E-state index in [2.05, 4.69) is 21.3 Å². The summed E-state index contributed by atoms with van der Waals surface area (Å²) in [6, 6.07) is 0.527. The normalized spacial score (nSPS) is 42.7. The zero-order chi connectivity index (χ0) is 6.10. The Morgan fingerprint density at radius 3 is 3.22 bits per heavy atom. The van der Waals surface area contributed by atoms with E-state index in [4.69, 9.17) is 0 Å². The van der Waals surface area contributed by atoms with Gasteiger partial charge in [0.15, 0.2) is 0 Å². The maximum absolute atomic E-state index is 4.30. The Kier molecular flexibility index (Phi) is 1.39. The topological polar surface area (TPSA) is 50.2 Å². The quantitative estimate of drug-likeness (QED) is 0.352. The zero-order valence-electron chi connectivity index (χ0n) is 5.22. The Balaban J connectivity index is 1.97. The molecule has 2 aliphatic rings. The van der Waals surface area contributed by atoms with E-state index in [-0.39, 0.29) is 0 Å². The van der Waals surface area contributed by atoms with Gasteiger partial charge in [0.2, 0.25) is 0 Å². The first-order valence-corrected chi connectivity index (χ1v) is 3.31. The molecule has 2 rings (SSSR count). The lowest BCUT2D eigenvalue weighted by atomic mass is 10.2. The Morgan fingerprint density at radius 1 is 1.33 bits per heavy atom. The molecular formula is C5H11N4. The van der Waals surface area contributed by atoms with Crippen LogP contribution in [-0.4, -0.2) is 32.1 Å². The van der Waals surface area contributed by atoms with Crippen molar-refractivity contribution in [3.63, 3.8) is 0 Å². The molecule has 51 valence electrons. The van der Waals surface area contributed by atoms with Crippen molar-refractivity contribution >= 4 is 0 Å². The number of nitrogens with one attached hydrogen (secondary N) is 3. The molecule has 2 saturated heterocycles. The minimum atomic E-state index is 0.367. The van der Waals surface area contributed by atoms with Gasteiger partial charge in [-0.2, -0.15) is 0 Å². The summed E-state index contributed by atoms with van der Waals surface area (Å²) in [4.78, 5) is 0. The molecule has 2 atom stereocenters. The van der Waals surface area contributed by atoms with Crippen molar-refractivity contribution in [3.8, 4) is 0 Å². The Morgan fingerprint density at radius 2 is 2.33 bits per heavy atom. The second kappa shape index (κ2) is 2.22. The predicted molar refractivity (Wildman–Crippen MR) is 33.7 cm³/mol. The van der Waals surface area contributed by atoms with E-state index in [0.29, 0.717) is 12.2 Å². The summed E-state index contributed by atoms with van der Waals surface area (Å²) in [5, 5.41) is 14.0. The fourth-order valence-corrected chi connectivity index (χ4v) is 1.30. The van der Waals surface area contributed by atoms with Crippen LogP contribution in [-0.2, 0) is 0 Å². The van der Waals surface area contributed by atoms with Crippen LogP contribution in [0.1, 0.15) is 0 Å². The van der Waals surface area contributed by atoms with Gasteiger partial charge in [0.25, 0.3) is 0 Å². The van der Waals surface area contributed by atoms with Crippen LogP contribution in [0.5, 0.6) is 0 Å². The highest BCUT2D eigenvalue weighted by molar-refractivity contribution is 4.89. The average molecular weight is 127 g/mol. The Hall–Kier alpha value is -0.160. The fourth-order valence-electron chi connectivity index (χ4n) is 1.30. The number of hydrogen-bond donors (Lipinski definition) is 3. The molecule has 2 aliphatic heterocycles. The zero-order valence-corrected chi connectivity index (χ0v) is 5.22. The molecule has 0 aliphatic carbocycles. The molecule has 9 heavy (non-hydrogen) atoms. The molecule has 0 saturated carbocycles. The van der Waals surface area contributed by atoms with Crippen LogP contribution in [0.25, 0.3) is 0 Å². The van der Waals surface area contributed by atoms with Crippen LogP contribution in [0.15, 0.2) is 0 Å². The molecule has 1 radical (unpaired) electrons. The van der Waals surface area contributed by atoms with Crippen LogP contribution in [0.4, 0.5) is 0 Å². The highest BCUT2D eigenvalue weighted by Gasteiger charge is 2.28. The lowest BCUT2D eigenvalue weighted by molar-refractivity contribution is 0.338. The molecule has 0 spiro atoms. The molecular weight excluding hydrogens is 116 g/mol. The van der Waals surface area contributed by atoms with Gasteiger partial charge < -0.3 is 5.32 Å². The van der Waals surface area contributed by atoms with Gasteiger partial charge in [-0.05, 0) is 0 Å². The van der Waals surface area contributed by atoms with Gasteiger partial charge >= 0.3 is 0 Å². The van der Waals surface area contributed by atoms with Gasteiger partial charge in [0, 0.05) is 13.2 Å². The fraction of sp³-hybridized carbons (Fsp3) is 1.00. The van der Waals surface area contributed by atoms with Gasteiger partial charge in [-0.1, -0.05) is 0 Å². The monoisotopic (exact) mass is 127 g/mol. The first kappa shape index (κ1) is 5.61. The van der Waals surface area contributed by atoms with E-state index in [1.54, 1.807) is 0 Å². The number of rotatable bonds is 0. The average Bonchev–Trinajstić information content (AvgIpc) is 2.33. The molecule has 3 N–H and O–H groups in total. The summed E-state index contributed by atoms with van der Waals surface area (Å²) in [5.41, 5.74) is 0. The van der Waals surface area contributed by atoms with E-state index < -0.39 is 0 Å². The smallest absolute Gasteiger partial charge is 0.0928 e. The van der Waals surface area contributed by atoms with Crippen LogP contribution < -0.4 is 21.3 Å². The lowest BCUT2D eigenvalue weighted by Gasteiger charge is -2.25. The predicted octanol–water partition coefficient (Wildman–Crippen LogP) is -2.00. The summed E-state index contributed by atoms with van der Waals surface area (Å²) in [7, 11) is 0. The van der Waals surface area contributed by atoms with Crippen molar-refractivity contribution in [3.05, 3.63) is 0 Å². The molecule has 0 aromatic carbocycles. The van der Waals surface area contributed by atoms with Crippen molar-refractivity contribution in [2.75, 3.05) is 19.9 Å². The van der Waals surface area contributed by atoms with E-state index >= 15 is 0 Å². The minimum Gasteiger partial charge on any atom is -0.303 e. The second-order valence-corrected chi connectivity index (χ2v) is 2.43.